The molecule has 1 atom stereocenters. The number of nitro benzene ring substituents is 2. The smallest absolute Gasteiger partial charge is 0.270 e. The zero-order chi connectivity index (χ0) is 23.5. The Morgan fingerprint density at radius 2 is 1.50 bits per heavy atom. The molecule has 10 nitrogen and oxygen atoms in total. The molecule has 166 valence electrons. The van der Waals surface area contributed by atoms with E-state index in [0.29, 0.717) is 10.7 Å². The molecular formula is C20H17ClN4O6S. The van der Waals surface area contributed by atoms with Gasteiger partial charge in [-0.3, -0.25) is 20.2 Å². The van der Waals surface area contributed by atoms with Crippen molar-refractivity contribution < 1.29 is 18.3 Å². The molecule has 0 heterocycles. The van der Waals surface area contributed by atoms with E-state index in [9.17, 15) is 28.6 Å². The summed E-state index contributed by atoms with van der Waals surface area (Å²) in [7, 11) is -4.30. The van der Waals surface area contributed by atoms with Gasteiger partial charge in [-0.1, -0.05) is 17.7 Å². The van der Waals surface area contributed by atoms with E-state index in [1.807, 2.05) is 0 Å². The minimum Gasteiger partial charge on any atom is -0.365 e. The summed E-state index contributed by atoms with van der Waals surface area (Å²) >= 11 is 5.90. The van der Waals surface area contributed by atoms with Gasteiger partial charge >= 0.3 is 0 Å². The van der Waals surface area contributed by atoms with Gasteiger partial charge < -0.3 is 5.32 Å². The third-order valence-electron chi connectivity index (χ3n) is 4.47. The van der Waals surface area contributed by atoms with E-state index in [1.165, 1.54) is 42.5 Å². The van der Waals surface area contributed by atoms with E-state index in [1.54, 1.807) is 31.2 Å². The predicted molar refractivity (Wildman–Crippen MR) is 120 cm³/mol. The van der Waals surface area contributed by atoms with Gasteiger partial charge in [-0.25, -0.2) is 12.7 Å². The lowest BCUT2D eigenvalue weighted by molar-refractivity contribution is -0.385. The molecule has 0 fully saturated rings. The summed E-state index contributed by atoms with van der Waals surface area (Å²) in [6.07, 6.45) is -0.873. The van der Waals surface area contributed by atoms with Crippen molar-refractivity contribution >= 4 is 44.4 Å². The lowest BCUT2D eigenvalue weighted by Gasteiger charge is -2.31. The van der Waals surface area contributed by atoms with Gasteiger partial charge in [-0.15, -0.1) is 0 Å². The van der Waals surface area contributed by atoms with Gasteiger partial charge in [0.25, 0.3) is 21.4 Å². The number of sulfonamides is 1. The van der Waals surface area contributed by atoms with Crippen LogP contribution >= 0.6 is 11.6 Å². The molecule has 1 N–H and O–H groups in total. The lowest BCUT2D eigenvalue weighted by atomic mass is 10.2. The van der Waals surface area contributed by atoms with E-state index >= 15 is 0 Å². The van der Waals surface area contributed by atoms with E-state index in [-0.39, 0.29) is 22.0 Å². The van der Waals surface area contributed by atoms with E-state index in [2.05, 4.69) is 5.32 Å². The lowest BCUT2D eigenvalue weighted by Crippen LogP contribution is -2.43. The van der Waals surface area contributed by atoms with Crippen molar-refractivity contribution in [3.63, 3.8) is 0 Å². The van der Waals surface area contributed by atoms with Crippen molar-refractivity contribution in [2.45, 2.75) is 18.0 Å². The molecule has 0 saturated carbocycles. The molecule has 0 aromatic heterocycles. The van der Waals surface area contributed by atoms with Gasteiger partial charge in [0.15, 0.2) is 0 Å². The number of hydrogen-bond acceptors (Lipinski definition) is 7. The van der Waals surface area contributed by atoms with Crippen LogP contribution in [0.5, 0.6) is 0 Å². The van der Waals surface area contributed by atoms with Crippen LogP contribution in [-0.2, 0) is 10.0 Å². The minimum atomic E-state index is -4.30. The van der Waals surface area contributed by atoms with Crippen LogP contribution in [0, 0.1) is 20.2 Å². The molecule has 0 amide bonds. The second-order valence-electron chi connectivity index (χ2n) is 6.66. The first kappa shape index (κ1) is 23.0. The number of hydrogen-bond donors (Lipinski definition) is 1. The van der Waals surface area contributed by atoms with Gasteiger partial charge in [-0.2, -0.15) is 0 Å². The van der Waals surface area contributed by atoms with Crippen molar-refractivity contribution in [3.8, 4) is 0 Å². The molecule has 12 heteroatoms. The largest absolute Gasteiger partial charge is 0.365 e. The Hall–Kier alpha value is -3.70. The van der Waals surface area contributed by atoms with Crippen molar-refractivity contribution in [3.05, 3.63) is 98.0 Å². The molecule has 0 bridgehead atoms. The van der Waals surface area contributed by atoms with Crippen molar-refractivity contribution in [1.29, 1.82) is 0 Å². The Morgan fingerprint density at radius 3 is 2.06 bits per heavy atom. The molecule has 0 spiro atoms. The third kappa shape index (κ3) is 4.95. The maximum absolute atomic E-state index is 13.5. The average Bonchev–Trinajstić information content (AvgIpc) is 2.75. The molecule has 0 aliphatic heterocycles. The molecule has 3 aromatic carbocycles. The Labute approximate surface area is 188 Å². The summed E-state index contributed by atoms with van der Waals surface area (Å²) in [4.78, 5) is 20.5. The van der Waals surface area contributed by atoms with E-state index in [0.717, 1.165) is 10.4 Å². The monoisotopic (exact) mass is 476 g/mol. The maximum atomic E-state index is 13.5. The number of nitro groups is 2. The maximum Gasteiger partial charge on any atom is 0.270 e. The molecule has 1 unspecified atom stereocenters. The number of nitrogens with one attached hydrogen (secondary N) is 1. The highest BCUT2D eigenvalue weighted by atomic mass is 35.5. The van der Waals surface area contributed by atoms with Gasteiger partial charge in [0.2, 0.25) is 0 Å². The number of non-ortho nitro benzene ring substituents is 2. The summed E-state index contributed by atoms with van der Waals surface area (Å²) in [5.74, 6) is 0. The summed E-state index contributed by atoms with van der Waals surface area (Å²) in [6, 6.07) is 16.2. The van der Waals surface area contributed by atoms with Crippen LogP contribution in [0.4, 0.5) is 22.7 Å². The number of nitrogens with zero attached hydrogens (tertiary/aromatic N) is 3. The zero-order valence-corrected chi connectivity index (χ0v) is 18.2. The third-order valence-corrected chi connectivity index (χ3v) is 6.62. The summed E-state index contributed by atoms with van der Waals surface area (Å²) in [5.41, 5.74) is 0.118. The van der Waals surface area contributed by atoms with Crippen LogP contribution in [0.1, 0.15) is 6.92 Å². The topological polar surface area (TPSA) is 136 Å². The number of anilines is 2. The van der Waals surface area contributed by atoms with Crippen LogP contribution < -0.4 is 9.62 Å². The molecule has 0 aliphatic rings. The molecule has 3 aromatic rings. The van der Waals surface area contributed by atoms with Gasteiger partial charge in [0, 0.05) is 35.0 Å². The van der Waals surface area contributed by atoms with E-state index < -0.39 is 26.0 Å². The first-order chi connectivity index (χ1) is 15.1. The van der Waals surface area contributed by atoms with Crippen LogP contribution in [0.3, 0.4) is 0 Å². The van der Waals surface area contributed by atoms with Gasteiger partial charge in [0.05, 0.1) is 20.4 Å². The van der Waals surface area contributed by atoms with Gasteiger partial charge in [0.1, 0.15) is 6.17 Å². The molecule has 0 aliphatic carbocycles. The highest BCUT2D eigenvalue weighted by molar-refractivity contribution is 7.92. The Kier molecular flexibility index (Phi) is 6.61. The number of halogens is 1. The fourth-order valence-electron chi connectivity index (χ4n) is 3.01. The second kappa shape index (κ2) is 9.20. The molecular weight excluding hydrogens is 460 g/mol. The predicted octanol–water partition coefficient (Wildman–Crippen LogP) is 4.81. The zero-order valence-electron chi connectivity index (χ0n) is 16.6. The SMILES string of the molecule is CC(Nc1ccc(Cl)cc1)N(c1ccc([N+](=O)[O-])cc1)S(=O)(=O)c1cccc([N+](=O)[O-])c1. The van der Waals surface area contributed by atoms with E-state index in [4.69, 9.17) is 11.6 Å². The average molecular weight is 477 g/mol. The van der Waals surface area contributed by atoms with Crippen LogP contribution in [0.15, 0.2) is 77.7 Å². The standard InChI is InChI=1S/C20H17ClN4O6S/c1-14(22-16-7-5-15(21)6-8-16)23(17-9-11-18(12-10-17)24(26)27)32(30,31)20-4-2-3-19(13-20)25(28)29/h2-14,22H,1H3. The highest BCUT2D eigenvalue weighted by Crippen LogP contribution is 2.30. The molecule has 32 heavy (non-hydrogen) atoms. The van der Waals surface area contributed by atoms with Crippen LogP contribution in [0.2, 0.25) is 5.02 Å². The normalized spacial score (nSPS) is 12.1. The first-order valence-corrected chi connectivity index (χ1v) is 11.0. The second-order valence-corrected chi connectivity index (χ2v) is 8.91. The van der Waals surface area contributed by atoms with Crippen LogP contribution in [0.25, 0.3) is 0 Å². The van der Waals surface area contributed by atoms with Gasteiger partial charge in [-0.05, 0) is 49.4 Å². The Morgan fingerprint density at radius 1 is 0.906 bits per heavy atom. The molecule has 3 rings (SSSR count). The van der Waals surface area contributed by atoms with Crippen molar-refractivity contribution in [2.75, 3.05) is 9.62 Å². The minimum absolute atomic E-state index is 0.135. The van der Waals surface area contributed by atoms with Crippen molar-refractivity contribution in [1.82, 2.24) is 0 Å². The molecule has 0 saturated heterocycles. The first-order valence-electron chi connectivity index (χ1n) is 9.15. The Bertz CT molecular complexity index is 1250. The Balaban J connectivity index is 2.08. The fraction of sp³-hybridized carbons (Fsp3) is 0.100. The summed E-state index contributed by atoms with van der Waals surface area (Å²) in [6.45, 7) is 1.57. The van der Waals surface area contributed by atoms with Crippen LogP contribution in [-0.4, -0.2) is 24.4 Å². The quantitative estimate of drug-likeness (QED) is 0.280. The number of benzene rings is 3. The fourth-order valence-corrected chi connectivity index (χ4v) is 4.75. The highest BCUT2D eigenvalue weighted by Gasteiger charge is 2.31. The van der Waals surface area contributed by atoms with Crippen molar-refractivity contribution in [2.24, 2.45) is 0 Å². The number of rotatable bonds is 8. The summed E-state index contributed by atoms with van der Waals surface area (Å²) in [5, 5.41) is 25.7. The molecule has 0 radical (unpaired) electrons. The summed E-state index contributed by atoms with van der Waals surface area (Å²) < 4.78 is 28.0.